The Morgan fingerprint density at radius 3 is 2.59 bits per heavy atom. The van der Waals surface area contributed by atoms with Crippen LogP contribution in [0.15, 0.2) is 51.8 Å². The van der Waals surface area contributed by atoms with Crippen molar-refractivity contribution >= 4 is 50.6 Å². The summed E-state index contributed by atoms with van der Waals surface area (Å²) in [5.41, 5.74) is 1.52. The molecule has 2 aromatic carbocycles. The molecule has 1 aliphatic heterocycles. The molecular weight excluding hydrogens is 460 g/mol. The molecule has 0 aliphatic carbocycles. The van der Waals surface area contributed by atoms with Gasteiger partial charge in [-0.05, 0) is 69.2 Å². The van der Waals surface area contributed by atoms with Crippen LogP contribution in [-0.2, 0) is 11.4 Å². The van der Waals surface area contributed by atoms with Gasteiger partial charge in [-0.2, -0.15) is 0 Å². The van der Waals surface area contributed by atoms with Crippen LogP contribution in [0.5, 0.6) is 5.75 Å². The normalized spacial score (nSPS) is 14.9. The zero-order valence-corrected chi connectivity index (χ0v) is 17.2. The van der Waals surface area contributed by atoms with Crippen LogP contribution in [0.3, 0.4) is 0 Å². The van der Waals surface area contributed by atoms with Gasteiger partial charge < -0.3 is 4.74 Å². The monoisotopic (exact) mass is 472 g/mol. The van der Waals surface area contributed by atoms with Gasteiger partial charge in [0.05, 0.1) is 20.8 Å². The summed E-state index contributed by atoms with van der Waals surface area (Å²) in [6, 6.07) is 11.4. The van der Waals surface area contributed by atoms with Crippen molar-refractivity contribution in [3.05, 3.63) is 73.1 Å². The van der Waals surface area contributed by atoms with Gasteiger partial charge in [0, 0.05) is 12.1 Å². The molecule has 0 saturated carbocycles. The standard InChI is InChI=1S/C20H13BrN2O5S/c1-2-9-22-19(24)18(29-20(22)25)11-14-5-8-17(16(21)10-14)28-12-13-3-6-15(7-4-13)23(26)27/h1,3-8,10-11H,9,12H2. The number of carbonyl (C=O) groups is 2. The van der Waals surface area contributed by atoms with Crippen LogP contribution < -0.4 is 4.74 Å². The van der Waals surface area contributed by atoms with E-state index >= 15 is 0 Å². The number of carbonyl (C=O) groups excluding carboxylic acids is 2. The Morgan fingerprint density at radius 1 is 1.24 bits per heavy atom. The van der Waals surface area contributed by atoms with Gasteiger partial charge >= 0.3 is 0 Å². The number of ether oxygens (including phenoxy) is 1. The number of terminal acetylenes is 1. The van der Waals surface area contributed by atoms with E-state index in [4.69, 9.17) is 11.2 Å². The van der Waals surface area contributed by atoms with Crippen LogP contribution in [0.2, 0.25) is 0 Å². The number of hydrogen-bond acceptors (Lipinski definition) is 6. The largest absolute Gasteiger partial charge is 0.488 e. The number of nitro groups is 1. The van der Waals surface area contributed by atoms with Gasteiger partial charge in [0.25, 0.3) is 16.8 Å². The molecule has 2 amide bonds. The topological polar surface area (TPSA) is 89.8 Å². The lowest BCUT2D eigenvalue weighted by Crippen LogP contribution is -2.28. The third-order valence-corrected chi connectivity index (χ3v) is 5.45. The van der Waals surface area contributed by atoms with Crippen molar-refractivity contribution in [2.24, 2.45) is 0 Å². The first kappa shape index (κ1) is 20.6. The van der Waals surface area contributed by atoms with Crippen LogP contribution >= 0.6 is 27.7 Å². The Labute approximate surface area is 179 Å². The van der Waals surface area contributed by atoms with Crippen molar-refractivity contribution < 1.29 is 19.2 Å². The van der Waals surface area contributed by atoms with Crippen LogP contribution in [0, 0.1) is 22.5 Å². The number of rotatable bonds is 6. The molecule has 1 aliphatic rings. The predicted molar refractivity (Wildman–Crippen MR) is 113 cm³/mol. The second-order valence-corrected chi connectivity index (χ2v) is 7.72. The van der Waals surface area contributed by atoms with Gasteiger partial charge in [-0.15, -0.1) is 6.42 Å². The van der Waals surface area contributed by atoms with Crippen molar-refractivity contribution in [3.8, 4) is 18.1 Å². The maximum Gasteiger partial charge on any atom is 0.294 e. The highest BCUT2D eigenvalue weighted by molar-refractivity contribution is 9.10. The van der Waals surface area contributed by atoms with Gasteiger partial charge in [0.15, 0.2) is 0 Å². The Kier molecular flexibility index (Phi) is 6.36. The molecule has 1 fully saturated rings. The second-order valence-electron chi connectivity index (χ2n) is 5.87. The van der Waals surface area contributed by atoms with Crippen molar-refractivity contribution in [2.75, 3.05) is 6.54 Å². The molecule has 0 radical (unpaired) electrons. The third-order valence-electron chi connectivity index (χ3n) is 3.92. The third kappa shape index (κ3) is 4.85. The predicted octanol–water partition coefficient (Wildman–Crippen LogP) is 4.61. The first-order valence-electron chi connectivity index (χ1n) is 8.23. The molecule has 0 atom stereocenters. The molecule has 0 bridgehead atoms. The molecular formula is C20H13BrN2O5S. The summed E-state index contributed by atoms with van der Waals surface area (Å²) >= 11 is 4.27. The summed E-state index contributed by atoms with van der Waals surface area (Å²) in [6.45, 7) is 0.183. The average molecular weight is 473 g/mol. The molecule has 0 aromatic heterocycles. The summed E-state index contributed by atoms with van der Waals surface area (Å²) in [5.74, 6) is 2.45. The number of benzene rings is 2. The number of halogens is 1. The second kappa shape index (κ2) is 8.94. The summed E-state index contributed by atoms with van der Waals surface area (Å²) < 4.78 is 6.40. The molecule has 146 valence electrons. The van der Waals surface area contributed by atoms with E-state index in [-0.39, 0.29) is 24.1 Å². The highest BCUT2D eigenvalue weighted by Gasteiger charge is 2.34. The number of nitro benzene ring substituents is 1. The summed E-state index contributed by atoms with van der Waals surface area (Å²) in [5, 5.41) is 10.3. The van der Waals surface area contributed by atoms with Crippen LogP contribution in [-0.4, -0.2) is 27.5 Å². The molecule has 29 heavy (non-hydrogen) atoms. The minimum atomic E-state index is -0.457. The molecule has 3 rings (SSSR count). The molecule has 9 heteroatoms. The quantitative estimate of drug-likeness (QED) is 0.264. The van der Waals surface area contributed by atoms with Crippen LogP contribution in [0.25, 0.3) is 6.08 Å². The minimum absolute atomic E-state index is 0.0194. The average Bonchev–Trinajstić information content (AvgIpc) is 2.95. The Bertz CT molecular complexity index is 1060. The number of non-ortho nitro benzene ring substituents is 1. The van der Waals surface area contributed by atoms with Crippen molar-refractivity contribution in [2.45, 2.75) is 6.61 Å². The number of thioether (sulfide) groups is 1. The van der Waals surface area contributed by atoms with Gasteiger partial charge in [0.1, 0.15) is 12.4 Å². The minimum Gasteiger partial charge on any atom is -0.488 e. The Balaban J connectivity index is 1.69. The molecule has 2 aromatic rings. The number of amides is 2. The van der Waals surface area contributed by atoms with E-state index in [9.17, 15) is 19.7 Å². The first-order valence-corrected chi connectivity index (χ1v) is 9.84. The zero-order valence-electron chi connectivity index (χ0n) is 14.8. The Hall–Kier alpha value is -3.09. The lowest BCUT2D eigenvalue weighted by molar-refractivity contribution is -0.384. The van der Waals surface area contributed by atoms with Gasteiger partial charge in [-0.1, -0.05) is 12.0 Å². The van der Waals surface area contributed by atoms with Crippen molar-refractivity contribution in [1.82, 2.24) is 4.90 Å². The molecule has 1 heterocycles. The van der Waals surface area contributed by atoms with E-state index in [0.29, 0.717) is 20.7 Å². The molecule has 0 spiro atoms. The fourth-order valence-electron chi connectivity index (χ4n) is 2.48. The number of nitrogens with zero attached hydrogens (tertiary/aromatic N) is 2. The maximum atomic E-state index is 12.2. The highest BCUT2D eigenvalue weighted by atomic mass is 79.9. The lowest BCUT2D eigenvalue weighted by atomic mass is 10.2. The van der Waals surface area contributed by atoms with Gasteiger partial charge in [0.2, 0.25) is 0 Å². The van der Waals surface area contributed by atoms with Crippen LogP contribution in [0.1, 0.15) is 11.1 Å². The van der Waals surface area contributed by atoms with E-state index in [1.807, 2.05) is 0 Å². The van der Waals surface area contributed by atoms with E-state index in [1.165, 1.54) is 12.1 Å². The fraction of sp³-hybridized carbons (Fsp3) is 0.100. The Morgan fingerprint density at radius 2 is 1.97 bits per heavy atom. The van der Waals surface area contributed by atoms with E-state index in [0.717, 1.165) is 22.2 Å². The molecule has 1 saturated heterocycles. The van der Waals surface area contributed by atoms with E-state index in [1.54, 1.807) is 36.4 Å². The highest BCUT2D eigenvalue weighted by Crippen LogP contribution is 2.33. The molecule has 0 N–H and O–H groups in total. The summed E-state index contributed by atoms with van der Waals surface area (Å²) in [7, 11) is 0. The molecule has 7 nitrogen and oxygen atoms in total. The van der Waals surface area contributed by atoms with Crippen LogP contribution in [0.4, 0.5) is 10.5 Å². The van der Waals surface area contributed by atoms with Gasteiger partial charge in [-0.3, -0.25) is 24.6 Å². The lowest BCUT2D eigenvalue weighted by Gasteiger charge is -2.09. The number of imide groups is 1. The van der Waals surface area contributed by atoms with E-state index < -0.39 is 10.8 Å². The zero-order chi connectivity index (χ0) is 21.0. The number of hydrogen-bond donors (Lipinski definition) is 0. The fourth-order valence-corrected chi connectivity index (χ4v) is 3.83. The smallest absolute Gasteiger partial charge is 0.294 e. The van der Waals surface area contributed by atoms with E-state index in [2.05, 4.69) is 21.9 Å². The molecule has 0 unspecified atom stereocenters. The SMILES string of the molecule is C#CCN1C(=O)SC(=Cc2ccc(OCc3ccc([N+](=O)[O-])cc3)c(Br)c2)C1=O. The maximum absolute atomic E-state index is 12.2. The van der Waals surface area contributed by atoms with Crippen molar-refractivity contribution in [1.29, 1.82) is 0 Å². The summed E-state index contributed by atoms with van der Waals surface area (Å²) in [6.07, 6.45) is 6.80. The summed E-state index contributed by atoms with van der Waals surface area (Å²) in [4.78, 5) is 35.6. The first-order chi connectivity index (χ1) is 13.9. The van der Waals surface area contributed by atoms with Gasteiger partial charge in [-0.25, -0.2) is 0 Å². The van der Waals surface area contributed by atoms with Crippen molar-refractivity contribution in [3.63, 3.8) is 0 Å².